The smallest absolute Gasteiger partial charge is 0.234 e. The van der Waals surface area contributed by atoms with Crippen molar-refractivity contribution in [1.82, 2.24) is 15.8 Å². The first-order valence-electron chi connectivity index (χ1n) is 8.60. The normalized spacial score (nSPS) is 14.5. The summed E-state index contributed by atoms with van der Waals surface area (Å²) in [5, 5.41) is 0. The van der Waals surface area contributed by atoms with Gasteiger partial charge >= 0.3 is 0 Å². The van der Waals surface area contributed by atoms with Crippen LogP contribution in [-0.2, 0) is 4.79 Å². The van der Waals surface area contributed by atoms with Crippen molar-refractivity contribution < 1.29 is 14.3 Å². The van der Waals surface area contributed by atoms with E-state index < -0.39 is 0 Å². The van der Waals surface area contributed by atoms with Crippen molar-refractivity contribution >= 4 is 11.7 Å². The number of hydrogen-bond donors (Lipinski definition) is 2. The number of ketones is 1. The van der Waals surface area contributed by atoms with Crippen molar-refractivity contribution in [2.45, 2.75) is 38.5 Å². The number of likely N-dealkylation sites (tertiary alicyclic amines) is 1. The van der Waals surface area contributed by atoms with Gasteiger partial charge in [-0.1, -0.05) is 0 Å². The molecule has 1 saturated heterocycles. The Balaban J connectivity index is 1.54. The number of Topliss-reactive ketones (excluding diaryl/α,β-unsaturated/α-hetero) is 1. The highest BCUT2D eigenvalue weighted by Crippen LogP contribution is 2.14. The van der Waals surface area contributed by atoms with Gasteiger partial charge < -0.3 is 4.74 Å². The molecule has 1 aromatic rings. The van der Waals surface area contributed by atoms with Gasteiger partial charge in [-0.3, -0.25) is 19.9 Å². The minimum Gasteiger partial charge on any atom is -0.497 e. The zero-order valence-corrected chi connectivity index (χ0v) is 14.3. The summed E-state index contributed by atoms with van der Waals surface area (Å²) in [6.45, 7) is 2.88. The van der Waals surface area contributed by atoms with Crippen molar-refractivity contribution in [2.24, 2.45) is 0 Å². The van der Waals surface area contributed by atoms with E-state index in [9.17, 15) is 9.59 Å². The number of unbranched alkanes of at least 4 members (excludes halogenated alkanes) is 1. The number of carbonyl (C=O) groups is 2. The lowest BCUT2D eigenvalue weighted by molar-refractivity contribution is -0.122. The van der Waals surface area contributed by atoms with Crippen LogP contribution < -0.4 is 15.6 Å². The maximum Gasteiger partial charge on any atom is 0.234 e. The molecule has 0 unspecified atom stereocenters. The van der Waals surface area contributed by atoms with E-state index in [0.29, 0.717) is 37.9 Å². The SMILES string of the molecule is COc1ccc(C(=O)CCCCC(=O)NNCN2CCCC2)cc1. The van der Waals surface area contributed by atoms with Crippen molar-refractivity contribution in [3.05, 3.63) is 29.8 Å². The van der Waals surface area contributed by atoms with Gasteiger partial charge in [0.2, 0.25) is 5.91 Å². The molecule has 1 aromatic carbocycles. The van der Waals surface area contributed by atoms with Crippen LogP contribution >= 0.6 is 0 Å². The monoisotopic (exact) mass is 333 g/mol. The predicted molar refractivity (Wildman–Crippen MR) is 92.7 cm³/mol. The van der Waals surface area contributed by atoms with Gasteiger partial charge in [-0.2, -0.15) is 0 Å². The second-order valence-electron chi connectivity index (χ2n) is 6.07. The first kappa shape index (κ1) is 18.4. The van der Waals surface area contributed by atoms with Crippen LogP contribution in [0.4, 0.5) is 0 Å². The fourth-order valence-electron chi connectivity index (χ4n) is 2.75. The van der Waals surface area contributed by atoms with Crippen LogP contribution in [0.5, 0.6) is 5.75 Å². The third-order valence-corrected chi connectivity index (χ3v) is 4.20. The fourth-order valence-corrected chi connectivity index (χ4v) is 2.75. The van der Waals surface area contributed by atoms with E-state index in [2.05, 4.69) is 15.8 Å². The Bertz CT molecular complexity index is 525. The molecule has 1 aliphatic rings. The van der Waals surface area contributed by atoms with Crippen molar-refractivity contribution in [2.75, 3.05) is 26.9 Å². The van der Waals surface area contributed by atoms with Crippen molar-refractivity contribution in [3.63, 3.8) is 0 Å². The molecule has 0 spiro atoms. The zero-order valence-electron chi connectivity index (χ0n) is 14.3. The number of ether oxygens (including phenoxy) is 1. The quantitative estimate of drug-likeness (QED) is 0.390. The van der Waals surface area contributed by atoms with E-state index in [4.69, 9.17) is 4.74 Å². The Morgan fingerprint density at radius 2 is 1.75 bits per heavy atom. The van der Waals surface area contributed by atoms with Crippen LogP contribution in [-0.4, -0.2) is 43.5 Å². The molecule has 1 aliphatic heterocycles. The number of carbonyl (C=O) groups excluding carboxylic acids is 2. The highest BCUT2D eigenvalue weighted by atomic mass is 16.5. The molecule has 0 bridgehead atoms. The van der Waals surface area contributed by atoms with Crippen LogP contribution in [0.3, 0.4) is 0 Å². The Morgan fingerprint density at radius 1 is 1.08 bits per heavy atom. The molecule has 1 heterocycles. The second kappa shape index (κ2) is 10.1. The molecule has 1 amide bonds. The van der Waals surface area contributed by atoms with Crippen LogP contribution in [0.25, 0.3) is 0 Å². The van der Waals surface area contributed by atoms with Crippen LogP contribution in [0, 0.1) is 0 Å². The summed E-state index contributed by atoms with van der Waals surface area (Å²) in [6.07, 6.45) is 4.78. The highest BCUT2D eigenvalue weighted by Gasteiger charge is 2.11. The number of hydrogen-bond acceptors (Lipinski definition) is 5. The summed E-state index contributed by atoms with van der Waals surface area (Å²) in [5.74, 6) is 0.820. The molecule has 0 saturated carbocycles. The highest BCUT2D eigenvalue weighted by molar-refractivity contribution is 5.96. The van der Waals surface area contributed by atoms with Gasteiger partial charge in [0, 0.05) is 18.4 Å². The first-order chi connectivity index (χ1) is 11.7. The Hall–Kier alpha value is -1.92. The van der Waals surface area contributed by atoms with Gasteiger partial charge in [-0.05, 0) is 63.0 Å². The summed E-state index contributed by atoms with van der Waals surface area (Å²) in [7, 11) is 1.60. The van der Waals surface area contributed by atoms with E-state index in [1.807, 2.05) is 0 Å². The summed E-state index contributed by atoms with van der Waals surface area (Å²) >= 11 is 0. The molecule has 2 N–H and O–H groups in total. The topological polar surface area (TPSA) is 70.7 Å². The predicted octanol–water partition coefficient (Wildman–Crippen LogP) is 2.11. The third-order valence-electron chi connectivity index (χ3n) is 4.20. The zero-order chi connectivity index (χ0) is 17.2. The Morgan fingerprint density at radius 3 is 2.42 bits per heavy atom. The number of hydrazine groups is 1. The van der Waals surface area contributed by atoms with Gasteiger partial charge in [-0.25, -0.2) is 5.43 Å². The molecule has 132 valence electrons. The minimum absolute atomic E-state index is 0.0221. The minimum atomic E-state index is -0.0221. The lowest BCUT2D eigenvalue weighted by Crippen LogP contribution is -2.43. The van der Waals surface area contributed by atoms with Gasteiger partial charge in [0.1, 0.15) is 5.75 Å². The van der Waals surface area contributed by atoms with Gasteiger partial charge in [-0.15, -0.1) is 0 Å². The molecule has 0 atom stereocenters. The average molecular weight is 333 g/mol. The molecule has 2 rings (SSSR count). The molecule has 6 nitrogen and oxygen atoms in total. The average Bonchev–Trinajstić information content (AvgIpc) is 3.12. The molecular weight excluding hydrogens is 306 g/mol. The van der Waals surface area contributed by atoms with Crippen LogP contribution in [0.15, 0.2) is 24.3 Å². The van der Waals surface area contributed by atoms with E-state index >= 15 is 0 Å². The lowest BCUT2D eigenvalue weighted by Gasteiger charge is -2.15. The fraction of sp³-hybridized carbons (Fsp3) is 0.556. The molecular formula is C18H27N3O3. The molecule has 0 aliphatic carbocycles. The van der Waals surface area contributed by atoms with E-state index in [1.54, 1.807) is 31.4 Å². The van der Waals surface area contributed by atoms with Crippen molar-refractivity contribution in [1.29, 1.82) is 0 Å². The first-order valence-corrected chi connectivity index (χ1v) is 8.60. The number of methoxy groups -OCH3 is 1. The number of amides is 1. The second-order valence-corrected chi connectivity index (χ2v) is 6.07. The molecule has 24 heavy (non-hydrogen) atoms. The molecule has 1 fully saturated rings. The maximum absolute atomic E-state index is 12.0. The Labute approximate surface area is 143 Å². The van der Waals surface area contributed by atoms with Gasteiger partial charge in [0.25, 0.3) is 0 Å². The number of benzene rings is 1. The van der Waals surface area contributed by atoms with Crippen LogP contribution in [0.2, 0.25) is 0 Å². The van der Waals surface area contributed by atoms with Crippen molar-refractivity contribution in [3.8, 4) is 5.75 Å². The number of rotatable bonds is 10. The van der Waals surface area contributed by atoms with E-state index in [-0.39, 0.29) is 11.7 Å². The summed E-state index contributed by atoms with van der Waals surface area (Å²) < 4.78 is 5.07. The van der Waals surface area contributed by atoms with Gasteiger partial charge in [0.15, 0.2) is 5.78 Å². The summed E-state index contributed by atoms with van der Waals surface area (Å²) in [6, 6.07) is 7.12. The summed E-state index contributed by atoms with van der Waals surface area (Å²) in [4.78, 5) is 26.0. The lowest BCUT2D eigenvalue weighted by atomic mass is 10.0. The van der Waals surface area contributed by atoms with Crippen LogP contribution in [0.1, 0.15) is 48.9 Å². The summed E-state index contributed by atoms with van der Waals surface area (Å²) in [5.41, 5.74) is 6.36. The number of nitrogens with zero attached hydrogens (tertiary/aromatic N) is 1. The molecule has 6 heteroatoms. The van der Waals surface area contributed by atoms with E-state index in [1.165, 1.54) is 12.8 Å². The van der Waals surface area contributed by atoms with Gasteiger partial charge in [0.05, 0.1) is 13.8 Å². The molecule has 0 radical (unpaired) electrons. The Kier molecular flexibility index (Phi) is 7.71. The maximum atomic E-state index is 12.0. The standard InChI is InChI=1S/C18H27N3O3/c1-24-16-10-8-15(9-11-16)17(22)6-2-3-7-18(23)20-19-14-21-12-4-5-13-21/h8-11,19H,2-7,12-14H2,1H3,(H,20,23). The van der Waals surface area contributed by atoms with E-state index in [0.717, 1.165) is 18.8 Å². The molecule has 0 aromatic heterocycles. The largest absolute Gasteiger partial charge is 0.497 e. The number of nitrogens with one attached hydrogen (secondary N) is 2. The third kappa shape index (κ3) is 6.29.